The van der Waals surface area contributed by atoms with Crippen LogP contribution >= 0.6 is 0 Å². The SMILES string of the molecule is O=CC1(CO)CN2C=CC=CC2=NC1Nc1cccc(F)c1. The van der Waals surface area contributed by atoms with E-state index in [2.05, 4.69) is 10.3 Å². The van der Waals surface area contributed by atoms with Gasteiger partial charge in [-0.15, -0.1) is 0 Å². The Balaban J connectivity index is 1.96. The van der Waals surface area contributed by atoms with E-state index in [1.165, 1.54) is 12.1 Å². The summed E-state index contributed by atoms with van der Waals surface area (Å²) in [5.74, 6) is 0.318. The number of aliphatic hydroxyl groups is 1. The van der Waals surface area contributed by atoms with Crippen LogP contribution in [-0.2, 0) is 4.79 Å². The van der Waals surface area contributed by atoms with Gasteiger partial charge in [-0.25, -0.2) is 9.38 Å². The molecule has 114 valence electrons. The quantitative estimate of drug-likeness (QED) is 0.828. The zero-order valence-corrected chi connectivity index (χ0v) is 11.8. The van der Waals surface area contributed by atoms with Crippen molar-refractivity contribution < 1.29 is 14.3 Å². The van der Waals surface area contributed by atoms with Gasteiger partial charge in [0.05, 0.1) is 6.61 Å². The third kappa shape index (κ3) is 2.53. The van der Waals surface area contributed by atoms with E-state index < -0.39 is 11.6 Å². The first-order valence-electron chi connectivity index (χ1n) is 6.95. The lowest BCUT2D eigenvalue weighted by Crippen LogP contribution is -2.55. The van der Waals surface area contributed by atoms with Gasteiger partial charge >= 0.3 is 0 Å². The molecule has 2 atom stereocenters. The Morgan fingerprint density at radius 2 is 2.36 bits per heavy atom. The zero-order chi connectivity index (χ0) is 15.6. The van der Waals surface area contributed by atoms with Crippen LogP contribution < -0.4 is 5.32 Å². The van der Waals surface area contributed by atoms with E-state index in [-0.39, 0.29) is 12.4 Å². The molecular formula is C16H16FN3O2. The molecule has 3 rings (SSSR count). The minimum Gasteiger partial charge on any atom is -0.395 e. The van der Waals surface area contributed by atoms with Crippen molar-refractivity contribution in [3.05, 3.63) is 54.5 Å². The lowest BCUT2D eigenvalue weighted by atomic mass is 9.84. The molecule has 0 spiro atoms. The van der Waals surface area contributed by atoms with E-state index >= 15 is 0 Å². The minimum atomic E-state index is -1.09. The lowest BCUT2D eigenvalue weighted by molar-refractivity contribution is -0.120. The summed E-state index contributed by atoms with van der Waals surface area (Å²) < 4.78 is 13.3. The first kappa shape index (κ1) is 14.5. The Hall–Kier alpha value is -2.47. The molecule has 2 aliphatic heterocycles. The number of carbonyl (C=O) groups is 1. The number of nitrogens with zero attached hydrogens (tertiary/aromatic N) is 2. The second kappa shape index (κ2) is 5.73. The molecule has 2 aliphatic rings. The third-order valence-corrected chi connectivity index (χ3v) is 3.84. The first-order valence-corrected chi connectivity index (χ1v) is 6.95. The highest BCUT2D eigenvalue weighted by Crippen LogP contribution is 2.30. The minimum absolute atomic E-state index is 0.305. The molecular weight excluding hydrogens is 285 g/mol. The van der Waals surface area contributed by atoms with Gasteiger partial charge in [-0.2, -0.15) is 0 Å². The Labute approximate surface area is 127 Å². The Morgan fingerprint density at radius 1 is 1.50 bits per heavy atom. The fourth-order valence-electron chi connectivity index (χ4n) is 2.57. The molecule has 22 heavy (non-hydrogen) atoms. The average Bonchev–Trinajstić information content (AvgIpc) is 2.54. The number of hydrogen-bond acceptors (Lipinski definition) is 5. The molecule has 0 aromatic heterocycles. The predicted octanol–water partition coefficient (Wildman–Crippen LogP) is 1.54. The maximum Gasteiger partial charge on any atom is 0.137 e. The Kier molecular flexibility index (Phi) is 3.77. The molecule has 1 aromatic carbocycles. The van der Waals surface area contributed by atoms with Crippen molar-refractivity contribution in [2.75, 3.05) is 18.5 Å². The third-order valence-electron chi connectivity index (χ3n) is 3.84. The van der Waals surface area contributed by atoms with Crippen molar-refractivity contribution in [1.82, 2.24) is 4.90 Å². The molecule has 2 N–H and O–H groups in total. The Morgan fingerprint density at radius 3 is 3.09 bits per heavy atom. The number of rotatable bonds is 4. The van der Waals surface area contributed by atoms with Gasteiger partial charge in [-0.3, -0.25) is 0 Å². The predicted molar refractivity (Wildman–Crippen MR) is 81.8 cm³/mol. The number of aldehydes is 1. The number of allylic oxidation sites excluding steroid dienone is 2. The molecule has 0 saturated heterocycles. The maximum absolute atomic E-state index is 13.3. The molecule has 0 bridgehead atoms. The number of aliphatic hydroxyl groups excluding tert-OH is 1. The van der Waals surface area contributed by atoms with E-state index in [1.54, 1.807) is 12.1 Å². The number of anilines is 1. The van der Waals surface area contributed by atoms with Crippen LogP contribution in [0.3, 0.4) is 0 Å². The van der Waals surface area contributed by atoms with Crippen LogP contribution in [0.25, 0.3) is 0 Å². The molecule has 1 aromatic rings. The summed E-state index contributed by atoms with van der Waals surface area (Å²) in [7, 11) is 0. The highest BCUT2D eigenvalue weighted by Gasteiger charge is 2.44. The standard InChI is InChI=1S/C16H16FN3O2/c17-12-4-3-5-13(8-12)18-15-16(10-21,11-22)9-20-7-2-1-6-14(20)19-15/h1-8,10,15,18,22H,9,11H2. The van der Waals surface area contributed by atoms with Crippen LogP contribution in [0.4, 0.5) is 10.1 Å². The molecule has 2 unspecified atom stereocenters. The van der Waals surface area contributed by atoms with E-state index in [0.717, 1.165) is 6.29 Å². The van der Waals surface area contributed by atoms with Crippen LogP contribution in [0.1, 0.15) is 0 Å². The van der Waals surface area contributed by atoms with Crippen LogP contribution in [-0.4, -0.2) is 41.4 Å². The smallest absolute Gasteiger partial charge is 0.137 e. The first-order chi connectivity index (χ1) is 10.7. The summed E-state index contributed by atoms with van der Waals surface area (Å²) in [5, 5.41) is 12.8. The number of amidine groups is 1. The van der Waals surface area contributed by atoms with Crippen molar-refractivity contribution >= 4 is 17.8 Å². The van der Waals surface area contributed by atoms with Crippen LogP contribution in [0, 0.1) is 11.2 Å². The summed E-state index contributed by atoms with van der Waals surface area (Å²) in [6.07, 6.45) is 7.38. The zero-order valence-electron chi connectivity index (χ0n) is 11.8. The number of aliphatic imine (C=N–C) groups is 1. The van der Waals surface area contributed by atoms with Gasteiger partial charge < -0.3 is 20.1 Å². The fraction of sp³-hybridized carbons (Fsp3) is 0.250. The van der Waals surface area contributed by atoms with Crippen molar-refractivity contribution in [3.63, 3.8) is 0 Å². The number of fused-ring (bicyclic) bond motifs is 1. The van der Waals surface area contributed by atoms with Crippen LogP contribution in [0.5, 0.6) is 0 Å². The van der Waals surface area contributed by atoms with Crippen molar-refractivity contribution in [1.29, 1.82) is 0 Å². The number of halogens is 1. The van der Waals surface area contributed by atoms with Gasteiger partial charge in [-0.05, 0) is 30.4 Å². The monoisotopic (exact) mass is 301 g/mol. The summed E-state index contributed by atoms with van der Waals surface area (Å²) in [5.41, 5.74) is -0.580. The largest absolute Gasteiger partial charge is 0.395 e. The average molecular weight is 301 g/mol. The molecule has 6 heteroatoms. The van der Waals surface area contributed by atoms with Gasteiger partial charge in [0.2, 0.25) is 0 Å². The van der Waals surface area contributed by atoms with Gasteiger partial charge in [0.1, 0.15) is 29.5 Å². The highest BCUT2D eigenvalue weighted by molar-refractivity contribution is 5.96. The number of hydrogen-bond donors (Lipinski definition) is 2. The number of nitrogens with one attached hydrogen (secondary N) is 1. The summed E-state index contributed by atoms with van der Waals surface area (Å²) in [4.78, 5) is 18.0. The molecule has 2 heterocycles. The van der Waals surface area contributed by atoms with Crippen molar-refractivity contribution in [2.45, 2.75) is 6.17 Å². The molecule has 0 aliphatic carbocycles. The van der Waals surface area contributed by atoms with Crippen LogP contribution in [0.2, 0.25) is 0 Å². The Bertz CT molecular complexity index is 671. The highest BCUT2D eigenvalue weighted by atomic mass is 19.1. The molecule has 0 fully saturated rings. The van der Waals surface area contributed by atoms with E-state index in [4.69, 9.17) is 0 Å². The molecule has 0 amide bonds. The molecule has 0 saturated carbocycles. The fourth-order valence-corrected chi connectivity index (χ4v) is 2.57. The maximum atomic E-state index is 13.3. The van der Waals surface area contributed by atoms with Gasteiger partial charge in [0.25, 0.3) is 0 Å². The normalized spacial score (nSPS) is 26.4. The summed E-state index contributed by atoms with van der Waals surface area (Å²) in [6, 6.07) is 5.94. The second-order valence-corrected chi connectivity index (χ2v) is 5.38. The molecule has 5 nitrogen and oxygen atoms in total. The summed E-state index contributed by atoms with van der Waals surface area (Å²) >= 11 is 0. The molecule has 0 radical (unpaired) electrons. The van der Waals surface area contributed by atoms with E-state index in [9.17, 15) is 14.3 Å². The van der Waals surface area contributed by atoms with E-state index in [1.807, 2.05) is 29.3 Å². The number of benzene rings is 1. The second-order valence-electron chi connectivity index (χ2n) is 5.38. The van der Waals surface area contributed by atoms with Crippen molar-refractivity contribution in [2.24, 2.45) is 10.4 Å². The van der Waals surface area contributed by atoms with Crippen LogP contribution in [0.15, 0.2) is 53.7 Å². The van der Waals surface area contributed by atoms with Gasteiger partial charge in [-0.1, -0.05) is 12.1 Å². The summed E-state index contributed by atoms with van der Waals surface area (Å²) in [6.45, 7) is -0.0476. The lowest BCUT2D eigenvalue weighted by Gasteiger charge is -2.42. The topological polar surface area (TPSA) is 64.9 Å². The van der Waals surface area contributed by atoms with Gasteiger partial charge in [0, 0.05) is 18.4 Å². The van der Waals surface area contributed by atoms with Crippen molar-refractivity contribution in [3.8, 4) is 0 Å². The van der Waals surface area contributed by atoms with Gasteiger partial charge in [0.15, 0.2) is 0 Å². The van der Waals surface area contributed by atoms with E-state index in [0.29, 0.717) is 18.1 Å². The number of carbonyl (C=O) groups excluding carboxylic acids is 1.